The molecule has 26 heavy (non-hydrogen) atoms. The van der Waals surface area contributed by atoms with E-state index in [-0.39, 0.29) is 5.91 Å². The number of anilines is 2. The third-order valence-electron chi connectivity index (χ3n) is 4.59. The molecule has 4 rings (SSSR count). The zero-order chi connectivity index (χ0) is 18.1. The number of benzene rings is 1. The Balaban J connectivity index is 1.59. The van der Waals surface area contributed by atoms with Crippen LogP contribution in [-0.4, -0.2) is 29.1 Å². The summed E-state index contributed by atoms with van der Waals surface area (Å²) >= 11 is 0. The van der Waals surface area contributed by atoms with E-state index in [9.17, 15) is 10.1 Å². The largest absolute Gasteiger partial charge is 0.370 e. The molecule has 0 bridgehead atoms. The van der Waals surface area contributed by atoms with Crippen LogP contribution in [0, 0.1) is 18.3 Å². The predicted octanol–water partition coefficient (Wildman–Crippen LogP) is 3.26. The molecule has 0 saturated carbocycles. The Morgan fingerprint density at radius 2 is 2.12 bits per heavy atom. The molecule has 3 aromatic rings. The number of aromatic nitrogens is 2. The Hall–Kier alpha value is -3.40. The predicted molar refractivity (Wildman–Crippen MR) is 97.1 cm³/mol. The van der Waals surface area contributed by atoms with Crippen LogP contribution in [0.3, 0.4) is 0 Å². The first kappa shape index (κ1) is 16.1. The number of carbonyl (C=O) groups is 1. The fourth-order valence-electron chi connectivity index (χ4n) is 3.22. The summed E-state index contributed by atoms with van der Waals surface area (Å²) < 4.78 is 5.07. The number of fused-ring (bicyclic) bond motifs is 1. The lowest BCUT2D eigenvalue weighted by atomic mass is 10.1. The van der Waals surface area contributed by atoms with Crippen LogP contribution in [0.4, 0.5) is 11.4 Å². The molecule has 0 spiro atoms. The lowest BCUT2D eigenvalue weighted by Gasteiger charge is -2.19. The second-order valence-electron chi connectivity index (χ2n) is 6.34. The van der Waals surface area contributed by atoms with Crippen molar-refractivity contribution in [3.63, 3.8) is 0 Å². The Morgan fingerprint density at radius 3 is 2.88 bits per heavy atom. The SMILES string of the molecule is Cc1noc2ncc(NC(=O)c3ccc(N4CCCC4)c(C#N)c3)cc12. The number of rotatable bonds is 3. The molecule has 7 nitrogen and oxygen atoms in total. The monoisotopic (exact) mass is 347 g/mol. The summed E-state index contributed by atoms with van der Waals surface area (Å²) in [4.78, 5) is 18.9. The van der Waals surface area contributed by atoms with Crippen molar-refractivity contribution in [1.82, 2.24) is 10.1 Å². The fraction of sp³-hybridized carbons (Fsp3) is 0.263. The van der Waals surface area contributed by atoms with Gasteiger partial charge in [-0.2, -0.15) is 5.26 Å². The summed E-state index contributed by atoms with van der Waals surface area (Å²) in [6, 6.07) is 9.22. The molecule has 1 fully saturated rings. The summed E-state index contributed by atoms with van der Waals surface area (Å²) in [6.45, 7) is 3.71. The zero-order valence-corrected chi connectivity index (χ0v) is 14.3. The van der Waals surface area contributed by atoms with Crippen molar-refractivity contribution in [1.29, 1.82) is 5.26 Å². The smallest absolute Gasteiger partial charge is 0.258 e. The van der Waals surface area contributed by atoms with E-state index in [2.05, 4.69) is 26.4 Å². The van der Waals surface area contributed by atoms with Crippen molar-refractivity contribution < 1.29 is 9.32 Å². The Kier molecular flexibility index (Phi) is 4.01. The molecule has 1 saturated heterocycles. The van der Waals surface area contributed by atoms with E-state index in [0.29, 0.717) is 28.2 Å². The lowest BCUT2D eigenvalue weighted by molar-refractivity contribution is 0.102. The van der Waals surface area contributed by atoms with Gasteiger partial charge in [0.1, 0.15) is 6.07 Å². The quantitative estimate of drug-likeness (QED) is 0.781. The first-order chi connectivity index (χ1) is 12.7. The van der Waals surface area contributed by atoms with Gasteiger partial charge in [-0.15, -0.1) is 0 Å². The zero-order valence-electron chi connectivity index (χ0n) is 14.3. The van der Waals surface area contributed by atoms with Crippen molar-refractivity contribution in [2.24, 2.45) is 0 Å². The molecule has 1 aliphatic rings. The van der Waals surface area contributed by atoms with E-state index < -0.39 is 0 Å². The molecule has 0 unspecified atom stereocenters. The van der Waals surface area contributed by atoms with Crippen molar-refractivity contribution in [2.45, 2.75) is 19.8 Å². The van der Waals surface area contributed by atoms with Gasteiger partial charge in [0.15, 0.2) is 0 Å². The number of nitriles is 1. The highest BCUT2D eigenvalue weighted by Gasteiger charge is 2.18. The lowest BCUT2D eigenvalue weighted by Crippen LogP contribution is -2.19. The molecular formula is C19H17N5O2. The molecule has 0 radical (unpaired) electrons. The van der Waals surface area contributed by atoms with Gasteiger partial charge in [-0.1, -0.05) is 5.16 Å². The van der Waals surface area contributed by atoms with Gasteiger partial charge >= 0.3 is 0 Å². The molecule has 1 aromatic carbocycles. The molecule has 3 heterocycles. The maximum absolute atomic E-state index is 12.6. The van der Waals surface area contributed by atoms with Crippen LogP contribution in [0.2, 0.25) is 0 Å². The van der Waals surface area contributed by atoms with E-state index in [1.807, 2.05) is 13.0 Å². The average Bonchev–Trinajstić information content (AvgIpc) is 3.32. The van der Waals surface area contributed by atoms with Gasteiger partial charge < -0.3 is 14.7 Å². The van der Waals surface area contributed by atoms with Crippen molar-refractivity contribution in [3.8, 4) is 6.07 Å². The molecule has 0 aliphatic carbocycles. The maximum atomic E-state index is 12.6. The number of carbonyl (C=O) groups excluding carboxylic acids is 1. The summed E-state index contributed by atoms with van der Waals surface area (Å²) in [5.74, 6) is -0.287. The summed E-state index contributed by atoms with van der Waals surface area (Å²) in [5.41, 5.74) is 3.54. The highest BCUT2D eigenvalue weighted by atomic mass is 16.5. The standard InChI is InChI=1S/C19H17N5O2/c1-12-16-9-15(11-21-19(16)26-23-12)22-18(25)13-4-5-17(14(8-13)10-20)24-6-2-3-7-24/h4-5,8-9,11H,2-3,6-7H2,1H3,(H,22,25). The maximum Gasteiger partial charge on any atom is 0.258 e. The normalized spacial score (nSPS) is 13.8. The van der Waals surface area contributed by atoms with Gasteiger partial charge in [-0.05, 0) is 44.0 Å². The summed E-state index contributed by atoms with van der Waals surface area (Å²) in [7, 11) is 0. The van der Waals surface area contributed by atoms with Crippen molar-refractivity contribution in [3.05, 3.63) is 47.3 Å². The minimum atomic E-state index is -0.287. The van der Waals surface area contributed by atoms with Gasteiger partial charge in [0, 0.05) is 18.7 Å². The molecule has 7 heteroatoms. The number of amides is 1. The summed E-state index contributed by atoms with van der Waals surface area (Å²) in [5, 5.41) is 16.9. The number of nitrogens with one attached hydrogen (secondary N) is 1. The van der Waals surface area contributed by atoms with Crippen LogP contribution in [-0.2, 0) is 0 Å². The van der Waals surface area contributed by atoms with Crippen LogP contribution in [0.5, 0.6) is 0 Å². The van der Waals surface area contributed by atoms with Crippen molar-refractivity contribution >= 4 is 28.4 Å². The Morgan fingerprint density at radius 1 is 1.31 bits per heavy atom. The van der Waals surface area contributed by atoms with E-state index in [4.69, 9.17) is 4.52 Å². The number of hydrogen-bond donors (Lipinski definition) is 1. The number of hydrogen-bond acceptors (Lipinski definition) is 6. The van der Waals surface area contributed by atoms with E-state index in [1.165, 1.54) is 6.20 Å². The molecule has 0 atom stereocenters. The molecular weight excluding hydrogens is 330 g/mol. The van der Waals surface area contributed by atoms with E-state index >= 15 is 0 Å². The molecule has 1 N–H and O–H groups in total. The van der Waals surface area contributed by atoms with Crippen LogP contribution in [0.15, 0.2) is 35.0 Å². The fourth-order valence-corrected chi connectivity index (χ4v) is 3.22. The molecule has 130 valence electrons. The first-order valence-electron chi connectivity index (χ1n) is 8.48. The van der Waals surface area contributed by atoms with Gasteiger partial charge in [-0.25, -0.2) is 4.98 Å². The van der Waals surface area contributed by atoms with Crippen LogP contribution < -0.4 is 10.2 Å². The highest BCUT2D eigenvalue weighted by Crippen LogP contribution is 2.26. The topological polar surface area (TPSA) is 95.1 Å². The number of pyridine rings is 1. The first-order valence-corrected chi connectivity index (χ1v) is 8.48. The van der Waals surface area contributed by atoms with Crippen LogP contribution in [0.25, 0.3) is 11.1 Å². The number of nitrogens with zero attached hydrogens (tertiary/aromatic N) is 4. The van der Waals surface area contributed by atoms with Gasteiger partial charge in [0.2, 0.25) is 0 Å². The van der Waals surface area contributed by atoms with Crippen LogP contribution >= 0.6 is 0 Å². The van der Waals surface area contributed by atoms with Gasteiger partial charge in [0.05, 0.1) is 34.2 Å². The minimum Gasteiger partial charge on any atom is -0.370 e. The summed E-state index contributed by atoms with van der Waals surface area (Å²) in [6.07, 6.45) is 3.78. The Labute approximate surface area is 150 Å². The van der Waals surface area contributed by atoms with Crippen LogP contribution in [0.1, 0.15) is 34.5 Å². The second kappa shape index (κ2) is 6.48. The third-order valence-corrected chi connectivity index (χ3v) is 4.59. The molecule has 2 aromatic heterocycles. The molecule has 1 aliphatic heterocycles. The molecule has 1 amide bonds. The number of aryl methyl sites for hydroxylation is 1. The van der Waals surface area contributed by atoms with E-state index in [0.717, 1.165) is 37.0 Å². The minimum absolute atomic E-state index is 0.287. The Bertz CT molecular complexity index is 1030. The van der Waals surface area contributed by atoms with Gasteiger partial charge in [0.25, 0.3) is 11.6 Å². The van der Waals surface area contributed by atoms with E-state index in [1.54, 1.807) is 18.2 Å². The second-order valence-corrected chi connectivity index (χ2v) is 6.34. The highest BCUT2D eigenvalue weighted by molar-refractivity contribution is 6.05. The van der Waals surface area contributed by atoms with Crippen molar-refractivity contribution in [2.75, 3.05) is 23.3 Å². The third kappa shape index (κ3) is 2.86. The van der Waals surface area contributed by atoms with Gasteiger partial charge in [-0.3, -0.25) is 4.79 Å². The average molecular weight is 347 g/mol.